The highest BCUT2D eigenvalue weighted by molar-refractivity contribution is 7.89. The summed E-state index contributed by atoms with van der Waals surface area (Å²) in [5.74, 6) is 0.555. The Hall–Kier alpha value is -2.45. The molecule has 2 rings (SSSR count). The van der Waals surface area contributed by atoms with Gasteiger partial charge in [-0.2, -0.15) is 0 Å². The Morgan fingerprint density at radius 2 is 1.71 bits per heavy atom. The lowest BCUT2D eigenvalue weighted by Crippen LogP contribution is -2.16. The zero-order valence-corrected chi connectivity index (χ0v) is 13.7. The second-order valence-corrected chi connectivity index (χ2v) is 6.99. The standard InChI is InChI=1S/C16H18N2O5S/c17-24(21,22)10-2-1-9-23-16-8-4-6-14(12-16)13-5-3-7-15(11-13)18(19)20/h3-8,11-12H,1-2,9-10H2,(H2,17,21,22). The van der Waals surface area contributed by atoms with Crippen LogP contribution in [0, 0.1) is 10.1 Å². The molecule has 0 saturated heterocycles. The highest BCUT2D eigenvalue weighted by atomic mass is 32.2. The number of benzene rings is 2. The Balaban J connectivity index is 1.99. The van der Waals surface area contributed by atoms with Crippen LogP contribution in [0.1, 0.15) is 12.8 Å². The zero-order chi connectivity index (χ0) is 17.6. The largest absolute Gasteiger partial charge is 0.494 e. The van der Waals surface area contributed by atoms with E-state index in [-0.39, 0.29) is 11.4 Å². The molecule has 0 aromatic heterocycles. The van der Waals surface area contributed by atoms with E-state index in [1.807, 2.05) is 6.07 Å². The van der Waals surface area contributed by atoms with Crippen molar-refractivity contribution in [2.75, 3.05) is 12.4 Å². The average molecular weight is 350 g/mol. The first-order valence-electron chi connectivity index (χ1n) is 7.33. The van der Waals surface area contributed by atoms with Crippen LogP contribution in [-0.4, -0.2) is 25.7 Å². The minimum atomic E-state index is -3.43. The van der Waals surface area contributed by atoms with Crippen LogP contribution in [0.5, 0.6) is 5.75 Å². The molecule has 0 spiro atoms. The Morgan fingerprint density at radius 1 is 1.04 bits per heavy atom. The van der Waals surface area contributed by atoms with E-state index in [0.29, 0.717) is 25.2 Å². The Labute approximate surface area is 140 Å². The third-order valence-electron chi connectivity index (χ3n) is 3.32. The smallest absolute Gasteiger partial charge is 0.270 e. The van der Waals surface area contributed by atoms with Crippen molar-refractivity contribution >= 4 is 15.7 Å². The molecule has 2 N–H and O–H groups in total. The molecule has 0 aliphatic carbocycles. The summed E-state index contributed by atoms with van der Waals surface area (Å²) >= 11 is 0. The fraction of sp³-hybridized carbons (Fsp3) is 0.250. The summed E-state index contributed by atoms with van der Waals surface area (Å²) in [4.78, 5) is 10.4. The molecule has 0 unspecified atom stereocenters. The van der Waals surface area contributed by atoms with Crippen LogP contribution in [0.15, 0.2) is 48.5 Å². The molecule has 2 aromatic carbocycles. The summed E-state index contributed by atoms with van der Waals surface area (Å²) in [6.45, 7) is 0.369. The molecule has 24 heavy (non-hydrogen) atoms. The third kappa shape index (κ3) is 5.64. The highest BCUT2D eigenvalue weighted by Gasteiger charge is 2.08. The van der Waals surface area contributed by atoms with Crippen molar-refractivity contribution in [2.45, 2.75) is 12.8 Å². The average Bonchev–Trinajstić information content (AvgIpc) is 2.54. The van der Waals surface area contributed by atoms with Gasteiger partial charge in [0.2, 0.25) is 10.0 Å². The quantitative estimate of drug-likeness (QED) is 0.447. The van der Waals surface area contributed by atoms with Crippen molar-refractivity contribution in [1.82, 2.24) is 0 Å². The maximum absolute atomic E-state index is 10.9. The molecule has 0 aliphatic rings. The van der Waals surface area contributed by atoms with Crippen LogP contribution in [-0.2, 0) is 10.0 Å². The van der Waals surface area contributed by atoms with Crippen LogP contribution in [0.4, 0.5) is 5.69 Å². The van der Waals surface area contributed by atoms with Gasteiger partial charge in [0.25, 0.3) is 5.69 Å². The summed E-state index contributed by atoms with van der Waals surface area (Å²) in [7, 11) is -3.43. The maximum Gasteiger partial charge on any atom is 0.270 e. The van der Waals surface area contributed by atoms with Crippen LogP contribution in [0.2, 0.25) is 0 Å². The summed E-state index contributed by atoms with van der Waals surface area (Å²) < 4.78 is 27.3. The lowest BCUT2D eigenvalue weighted by Gasteiger charge is -2.08. The molecular formula is C16H18N2O5S. The molecule has 0 fully saturated rings. The van der Waals surface area contributed by atoms with Gasteiger partial charge < -0.3 is 4.74 Å². The number of rotatable bonds is 8. The molecule has 128 valence electrons. The first-order chi connectivity index (χ1) is 11.3. The Bertz CT molecular complexity index is 821. The Morgan fingerprint density at radius 3 is 2.38 bits per heavy atom. The second-order valence-electron chi connectivity index (χ2n) is 5.26. The summed E-state index contributed by atoms with van der Waals surface area (Å²) in [6, 6.07) is 13.6. The van der Waals surface area contributed by atoms with Crippen LogP contribution in [0.25, 0.3) is 11.1 Å². The first kappa shape index (κ1) is 17.9. The van der Waals surface area contributed by atoms with E-state index in [2.05, 4.69) is 0 Å². The molecule has 0 amide bonds. The number of nitro groups is 1. The van der Waals surface area contributed by atoms with Gasteiger partial charge in [0.15, 0.2) is 0 Å². The van der Waals surface area contributed by atoms with Crippen molar-refractivity contribution in [3.63, 3.8) is 0 Å². The predicted molar refractivity (Wildman–Crippen MR) is 91.2 cm³/mol. The fourth-order valence-electron chi connectivity index (χ4n) is 2.16. The van der Waals surface area contributed by atoms with Gasteiger partial charge in [-0.05, 0) is 36.1 Å². The minimum absolute atomic E-state index is 0.0295. The number of nitrogens with two attached hydrogens (primary N) is 1. The van der Waals surface area contributed by atoms with E-state index >= 15 is 0 Å². The molecule has 0 bridgehead atoms. The molecule has 8 heteroatoms. The van der Waals surface area contributed by atoms with Crippen molar-refractivity contribution in [1.29, 1.82) is 0 Å². The lowest BCUT2D eigenvalue weighted by atomic mass is 10.1. The number of nitro benzene ring substituents is 1. The van der Waals surface area contributed by atoms with E-state index in [1.54, 1.807) is 30.3 Å². The van der Waals surface area contributed by atoms with Gasteiger partial charge in [-0.3, -0.25) is 10.1 Å². The normalized spacial score (nSPS) is 11.2. The van der Waals surface area contributed by atoms with Gasteiger partial charge in [-0.1, -0.05) is 24.3 Å². The molecule has 0 saturated carbocycles. The van der Waals surface area contributed by atoms with E-state index in [4.69, 9.17) is 9.88 Å². The molecular weight excluding hydrogens is 332 g/mol. The number of hydrogen-bond acceptors (Lipinski definition) is 5. The van der Waals surface area contributed by atoms with Crippen molar-refractivity contribution in [3.05, 3.63) is 58.6 Å². The summed E-state index contributed by atoms with van der Waals surface area (Å²) in [5, 5.41) is 15.8. The molecule has 7 nitrogen and oxygen atoms in total. The van der Waals surface area contributed by atoms with Gasteiger partial charge in [0, 0.05) is 12.1 Å². The van der Waals surface area contributed by atoms with Crippen LogP contribution in [0.3, 0.4) is 0 Å². The minimum Gasteiger partial charge on any atom is -0.494 e. The fourth-order valence-corrected chi connectivity index (χ4v) is 2.77. The number of sulfonamides is 1. The monoisotopic (exact) mass is 350 g/mol. The van der Waals surface area contributed by atoms with E-state index in [1.165, 1.54) is 12.1 Å². The topological polar surface area (TPSA) is 113 Å². The van der Waals surface area contributed by atoms with E-state index < -0.39 is 14.9 Å². The Kier molecular flexibility index (Phi) is 5.88. The van der Waals surface area contributed by atoms with Crippen LogP contribution < -0.4 is 9.88 Å². The number of non-ortho nitro benzene ring substituents is 1. The number of primary sulfonamides is 1. The van der Waals surface area contributed by atoms with Gasteiger partial charge in [0.1, 0.15) is 5.75 Å². The highest BCUT2D eigenvalue weighted by Crippen LogP contribution is 2.26. The van der Waals surface area contributed by atoms with Crippen molar-refractivity contribution in [3.8, 4) is 16.9 Å². The van der Waals surface area contributed by atoms with Crippen molar-refractivity contribution < 1.29 is 18.1 Å². The van der Waals surface area contributed by atoms with Gasteiger partial charge in [-0.15, -0.1) is 0 Å². The summed E-state index contributed by atoms with van der Waals surface area (Å²) in [6.07, 6.45) is 1.00. The predicted octanol–water partition coefficient (Wildman–Crippen LogP) is 2.71. The van der Waals surface area contributed by atoms with Crippen molar-refractivity contribution in [2.24, 2.45) is 5.14 Å². The maximum atomic E-state index is 10.9. The van der Waals surface area contributed by atoms with Gasteiger partial charge in [0.05, 0.1) is 17.3 Å². The molecule has 0 aliphatic heterocycles. The first-order valence-corrected chi connectivity index (χ1v) is 9.05. The SMILES string of the molecule is NS(=O)(=O)CCCCOc1cccc(-c2cccc([N+](=O)[O-])c2)c1. The van der Waals surface area contributed by atoms with Crippen LogP contribution >= 0.6 is 0 Å². The van der Waals surface area contributed by atoms with Gasteiger partial charge in [-0.25, -0.2) is 13.6 Å². The number of hydrogen-bond donors (Lipinski definition) is 1. The summed E-state index contributed by atoms with van der Waals surface area (Å²) in [5.41, 5.74) is 1.56. The van der Waals surface area contributed by atoms with Gasteiger partial charge >= 0.3 is 0 Å². The third-order valence-corrected chi connectivity index (χ3v) is 4.17. The molecule has 0 heterocycles. The number of ether oxygens (including phenoxy) is 1. The molecule has 0 radical (unpaired) electrons. The molecule has 2 aromatic rings. The molecule has 0 atom stereocenters. The number of unbranched alkanes of at least 4 members (excludes halogenated alkanes) is 1. The lowest BCUT2D eigenvalue weighted by molar-refractivity contribution is -0.384. The second kappa shape index (κ2) is 7.89. The zero-order valence-electron chi connectivity index (χ0n) is 12.9. The number of nitrogens with zero attached hydrogens (tertiary/aromatic N) is 1. The van der Waals surface area contributed by atoms with E-state index in [0.717, 1.165) is 11.1 Å². The van der Waals surface area contributed by atoms with E-state index in [9.17, 15) is 18.5 Å².